The molecule has 9 nitrogen and oxygen atoms in total. The van der Waals surface area contributed by atoms with E-state index in [2.05, 4.69) is 15.4 Å². The van der Waals surface area contributed by atoms with Crippen LogP contribution in [0.3, 0.4) is 0 Å². The van der Waals surface area contributed by atoms with Gasteiger partial charge in [-0.05, 0) is 50.6 Å². The molecule has 2 aromatic heterocycles. The minimum absolute atomic E-state index is 0.112. The number of nitro groups is 1. The van der Waals surface area contributed by atoms with Crippen LogP contribution in [0.5, 0.6) is 11.5 Å². The first-order chi connectivity index (χ1) is 17.0. The maximum Gasteiger partial charge on any atom is 0.275 e. The van der Waals surface area contributed by atoms with Gasteiger partial charge >= 0.3 is 0 Å². The molecule has 0 saturated heterocycles. The summed E-state index contributed by atoms with van der Waals surface area (Å²) in [5.41, 5.74) is 1.18. The number of benzene rings is 2. The second-order valence-electron chi connectivity index (χ2n) is 8.13. The van der Waals surface area contributed by atoms with Crippen molar-refractivity contribution in [2.45, 2.75) is 33.7 Å². The number of hydrogen-bond donors (Lipinski definition) is 1. The number of rotatable bonds is 7. The second-order valence-corrected chi connectivity index (χ2v) is 8.54. The highest BCUT2D eigenvalue weighted by Gasteiger charge is 2.21. The Morgan fingerprint density at radius 3 is 2.58 bits per heavy atom. The number of alkyl halides is 2. The number of hydrogen-bond acceptors (Lipinski definition) is 6. The van der Waals surface area contributed by atoms with Crippen molar-refractivity contribution in [1.29, 1.82) is 0 Å². The zero-order valence-electron chi connectivity index (χ0n) is 19.4. The molecule has 186 valence electrons. The average Bonchev–Trinajstić information content (AvgIpc) is 3.10. The number of aryl methyl sites for hydroxylation is 3. The first kappa shape index (κ1) is 25.0. The maximum atomic E-state index is 13.5. The van der Waals surface area contributed by atoms with E-state index in [4.69, 9.17) is 16.3 Å². The third kappa shape index (κ3) is 5.25. The highest BCUT2D eigenvalue weighted by Crippen LogP contribution is 2.32. The standard InChI is InChI=1S/C24H20ClF2N5O4/c1-12-6-17(4-5-20(12)25)36-18-9-15(8-16(10-18)32(34)35)29-21(33)11-31-24-22(14(3)30-31)19(23(26)27)7-13(2)28-24/h4-10,23H,11H2,1-3H3,(H,29,33). The molecule has 0 bridgehead atoms. The van der Waals surface area contributed by atoms with E-state index >= 15 is 0 Å². The lowest BCUT2D eigenvalue weighted by Crippen LogP contribution is -2.20. The van der Waals surface area contributed by atoms with E-state index in [9.17, 15) is 23.7 Å². The Morgan fingerprint density at radius 2 is 1.92 bits per heavy atom. The van der Waals surface area contributed by atoms with Gasteiger partial charge in [-0.3, -0.25) is 14.9 Å². The number of carbonyl (C=O) groups excluding carboxylic acids is 1. The molecule has 0 aliphatic rings. The number of ether oxygens (including phenoxy) is 1. The summed E-state index contributed by atoms with van der Waals surface area (Å²) >= 11 is 6.03. The normalized spacial score (nSPS) is 11.2. The second kappa shape index (κ2) is 9.86. The number of pyridine rings is 1. The summed E-state index contributed by atoms with van der Waals surface area (Å²) in [6, 6.07) is 10.0. The first-order valence-electron chi connectivity index (χ1n) is 10.7. The van der Waals surface area contributed by atoms with Crippen LogP contribution in [-0.2, 0) is 11.3 Å². The van der Waals surface area contributed by atoms with Crippen molar-refractivity contribution < 1.29 is 23.2 Å². The van der Waals surface area contributed by atoms with Crippen LogP contribution >= 0.6 is 11.6 Å². The number of anilines is 1. The van der Waals surface area contributed by atoms with Crippen molar-refractivity contribution in [3.05, 3.63) is 80.1 Å². The van der Waals surface area contributed by atoms with E-state index in [0.717, 1.165) is 5.56 Å². The first-order valence-corrected chi connectivity index (χ1v) is 11.1. The molecule has 0 saturated carbocycles. The number of halogens is 3. The highest BCUT2D eigenvalue weighted by atomic mass is 35.5. The molecule has 4 rings (SSSR count). The van der Waals surface area contributed by atoms with Gasteiger partial charge in [0.25, 0.3) is 12.1 Å². The van der Waals surface area contributed by atoms with Gasteiger partial charge in [-0.25, -0.2) is 18.4 Å². The lowest BCUT2D eigenvalue weighted by Gasteiger charge is -2.11. The van der Waals surface area contributed by atoms with Gasteiger partial charge in [0, 0.05) is 28.4 Å². The summed E-state index contributed by atoms with van der Waals surface area (Å²) in [6.45, 7) is 4.57. The van der Waals surface area contributed by atoms with E-state index in [0.29, 0.717) is 22.2 Å². The van der Waals surface area contributed by atoms with E-state index in [1.807, 2.05) is 0 Å². The summed E-state index contributed by atoms with van der Waals surface area (Å²) in [5, 5.41) is 19.0. The molecule has 4 aromatic rings. The topological polar surface area (TPSA) is 112 Å². The van der Waals surface area contributed by atoms with Gasteiger partial charge in [0.15, 0.2) is 5.65 Å². The fraction of sp³-hybridized carbons (Fsp3) is 0.208. The molecule has 0 fully saturated rings. The van der Waals surface area contributed by atoms with Crippen LogP contribution in [-0.4, -0.2) is 25.6 Å². The quantitative estimate of drug-likeness (QED) is 0.229. The number of nitrogens with zero attached hydrogens (tertiary/aromatic N) is 4. The minimum Gasteiger partial charge on any atom is -0.457 e. The number of non-ortho nitro benzene ring substituents is 1. The predicted octanol–water partition coefficient (Wildman–Crippen LogP) is 6.29. The third-order valence-electron chi connectivity index (χ3n) is 5.32. The van der Waals surface area contributed by atoms with Crippen LogP contribution in [0.1, 0.15) is 28.9 Å². The van der Waals surface area contributed by atoms with Crippen molar-refractivity contribution in [2.75, 3.05) is 5.32 Å². The van der Waals surface area contributed by atoms with Crippen LogP contribution in [0.25, 0.3) is 11.0 Å². The predicted molar refractivity (Wildman–Crippen MR) is 130 cm³/mol. The monoisotopic (exact) mass is 515 g/mol. The SMILES string of the molecule is Cc1cc(C(F)F)c2c(C)nn(CC(=O)Nc3cc(Oc4ccc(Cl)c(C)c4)cc([N+](=O)[O-])c3)c2n1. The zero-order valence-corrected chi connectivity index (χ0v) is 20.1. The highest BCUT2D eigenvalue weighted by molar-refractivity contribution is 6.31. The Hall–Kier alpha value is -4.12. The molecule has 0 aliphatic heterocycles. The van der Waals surface area contributed by atoms with Gasteiger partial charge < -0.3 is 10.1 Å². The molecular formula is C24H20ClF2N5O4. The molecule has 0 atom stereocenters. The smallest absolute Gasteiger partial charge is 0.275 e. The number of aromatic nitrogens is 3. The van der Waals surface area contributed by atoms with Crippen LogP contribution < -0.4 is 10.1 Å². The number of nitro benzene ring substituents is 1. The Kier molecular flexibility index (Phi) is 6.84. The Morgan fingerprint density at radius 1 is 1.17 bits per heavy atom. The summed E-state index contributed by atoms with van der Waals surface area (Å²) in [5.74, 6) is -0.0556. The lowest BCUT2D eigenvalue weighted by atomic mass is 10.1. The van der Waals surface area contributed by atoms with Gasteiger partial charge in [0.05, 0.1) is 27.8 Å². The van der Waals surface area contributed by atoms with E-state index < -0.39 is 17.3 Å². The van der Waals surface area contributed by atoms with E-state index in [1.165, 1.54) is 28.9 Å². The van der Waals surface area contributed by atoms with Crippen LogP contribution in [0.15, 0.2) is 42.5 Å². The summed E-state index contributed by atoms with van der Waals surface area (Å²) in [7, 11) is 0. The fourth-order valence-corrected chi connectivity index (χ4v) is 3.89. The Bertz CT molecular complexity index is 1510. The van der Waals surface area contributed by atoms with Gasteiger partial charge in [-0.2, -0.15) is 5.10 Å². The fourth-order valence-electron chi connectivity index (χ4n) is 3.77. The maximum absolute atomic E-state index is 13.5. The largest absolute Gasteiger partial charge is 0.457 e. The van der Waals surface area contributed by atoms with Crippen LogP contribution in [0.2, 0.25) is 5.02 Å². The third-order valence-corrected chi connectivity index (χ3v) is 5.74. The molecule has 2 aromatic carbocycles. The van der Waals surface area contributed by atoms with Crippen molar-refractivity contribution >= 4 is 39.9 Å². The van der Waals surface area contributed by atoms with Crippen LogP contribution in [0.4, 0.5) is 20.2 Å². The van der Waals surface area contributed by atoms with Gasteiger partial charge in [0.1, 0.15) is 18.0 Å². The zero-order chi connectivity index (χ0) is 26.1. The van der Waals surface area contributed by atoms with E-state index in [1.54, 1.807) is 39.0 Å². The molecule has 0 spiro atoms. The molecule has 12 heteroatoms. The number of nitrogens with one attached hydrogen (secondary N) is 1. The number of carbonyl (C=O) groups is 1. The Labute approximate surface area is 208 Å². The Balaban J connectivity index is 1.61. The van der Waals surface area contributed by atoms with E-state index in [-0.39, 0.29) is 40.3 Å². The molecule has 0 unspecified atom stereocenters. The lowest BCUT2D eigenvalue weighted by molar-refractivity contribution is -0.384. The molecular weight excluding hydrogens is 496 g/mol. The number of fused-ring (bicyclic) bond motifs is 1. The van der Waals surface area contributed by atoms with Gasteiger partial charge in [0.2, 0.25) is 5.91 Å². The molecule has 0 radical (unpaired) electrons. The van der Waals surface area contributed by atoms with Crippen molar-refractivity contribution in [3.8, 4) is 11.5 Å². The molecule has 1 N–H and O–H groups in total. The summed E-state index contributed by atoms with van der Waals surface area (Å²) < 4.78 is 34.0. The van der Waals surface area contributed by atoms with Crippen molar-refractivity contribution in [3.63, 3.8) is 0 Å². The number of amides is 1. The van der Waals surface area contributed by atoms with Crippen molar-refractivity contribution in [1.82, 2.24) is 14.8 Å². The minimum atomic E-state index is -2.73. The average molecular weight is 516 g/mol. The molecule has 1 amide bonds. The van der Waals surface area contributed by atoms with Crippen LogP contribution in [0, 0.1) is 30.9 Å². The molecule has 0 aliphatic carbocycles. The summed E-state index contributed by atoms with van der Waals surface area (Å²) in [4.78, 5) is 27.9. The van der Waals surface area contributed by atoms with Gasteiger partial charge in [-0.15, -0.1) is 0 Å². The van der Waals surface area contributed by atoms with Gasteiger partial charge in [-0.1, -0.05) is 11.6 Å². The molecule has 36 heavy (non-hydrogen) atoms. The van der Waals surface area contributed by atoms with Crippen molar-refractivity contribution in [2.24, 2.45) is 0 Å². The molecule has 2 heterocycles. The summed E-state index contributed by atoms with van der Waals surface area (Å²) in [6.07, 6.45) is -2.73.